The summed E-state index contributed by atoms with van der Waals surface area (Å²) in [5.41, 5.74) is 0. The van der Waals surface area contributed by atoms with E-state index in [0.717, 1.165) is 6.54 Å². The summed E-state index contributed by atoms with van der Waals surface area (Å²) in [5, 5.41) is 7.02. The molecule has 0 atom stereocenters. The van der Waals surface area contributed by atoms with Crippen LogP contribution in [0.25, 0.3) is 0 Å². The van der Waals surface area contributed by atoms with Crippen molar-refractivity contribution in [1.29, 1.82) is 0 Å². The predicted molar refractivity (Wildman–Crippen MR) is 56.9 cm³/mol. The van der Waals surface area contributed by atoms with E-state index in [1.165, 1.54) is 16.9 Å². The van der Waals surface area contributed by atoms with E-state index in [1.54, 1.807) is 7.05 Å². The molecular formula is C8H16N4O2S. The highest BCUT2D eigenvalue weighted by atomic mass is 32.2. The van der Waals surface area contributed by atoms with Crippen LogP contribution in [0.2, 0.25) is 0 Å². The second-order valence-electron chi connectivity index (χ2n) is 3.04. The van der Waals surface area contributed by atoms with Crippen molar-refractivity contribution >= 4 is 10.0 Å². The van der Waals surface area contributed by atoms with E-state index >= 15 is 0 Å². The molecule has 2 N–H and O–H groups in total. The van der Waals surface area contributed by atoms with Gasteiger partial charge in [-0.1, -0.05) is 6.92 Å². The summed E-state index contributed by atoms with van der Waals surface area (Å²) in [7, 11) is -1.82. The fourth-order valence-corrected chi connectivity index (χ4v) is 2.30. The van der Waals surface area contributed by atoms with Crippen molar-refractivity contribution in [2.24, 2.45) is 7.05 Å². The maximum atomic E-state index is 11.7. The van der Waals surface area contributed by atoms with Crippen LogP contribution in [0.3, 0.4) is 0 Å². The lowest BCUT2D eigenvalue weighted by Gasteiger charge is -2.06. The maximum Gasteiger partial charge on any atom is 0.257 e. The SMILES string of the molecule is CCNCCNS(=O)(=O)c1ccnn1C. The molecule has 6 nitrogen and oxygen atoms in total. The van der Waals surface area contributed by atoms with Crippen LogP contribution >= 0.6 is 0 Å². The molecule has 15 heavy (non-hydrogen) atoms. The molecule has 7 heteroatoms. The molecule has 0 saturated heterocycles. The van der Waals surface area contributed by atoms with Gasteiger partial charge in [0.05, 0.1) is 6.20 Å². The molecule has 0 aliphatic rings. The Kier molecular flexibility index (Phi) is 4.25. The van der Waals surface area contributed by atoms with Crippen molar-refractivity contribution in [3.05, 3.63) is 12.3 Å². The molecule has 0 radical (unpaired) electrons. The van der Waals surface area contributed by atoms with Crippen LogP contribution in [-0.2, 0) is 17.1 Å². The van der Waals surface area contributed by atoms with Gasteiger partial charge in [0.1, 0.15) is 0 Å². The third-order valence-electron chi connectivity index (χ3n) is 1.90. The summed E-state index contributed by atoms with van der Waals surface area (Å²) < 4.78 is 27.2. The van der Waals surface area contributed by atoms with Crippen molar-refractivity contribution in [3.8, 4) is 0 Å². The summed E-state index contributed by atoms with van der Waals surface area (Å²) in [4.78, 5) is 0. The Bertz CT molecular complexity index is 399. The fraction of sp³-hybridized carbons (Fsp3) is 0.625. The van der Waals surface area contributed by atoms with E-state index < -0.39 is 10.0 Å². The van der Waals surface area contributed by atoms with Gasteiger partial charge >= 0.3 is 0 Å². The molecule has 0 aliphatic heterocycles. The van der Waals surface area contributed by atoms with Crippen LogP contribution in [0, 0.1) is 0 Å². The Balaban J connectivity index is 2.57. The lowest BCUT2D eigenvalue weighted by molar-refractivity contribution is 0.560. The molecule has 1 aromatic rings. The van der Waals surface area contributed by atoms with Crippen LogP contribution in [0.5, 0.6) is 0 Å². The van der Waals surface area contributed by atoms with Crippen molar-refractivity contribution in [3.63, 3.8) is 0 Å². The van der Waals surface area contributed by atoms with Crippen molar-refractivity contribution < 1.29 is 8.42 Å². The zero-order valence-electron chi connectivity index (χ0n) is 8.90. The Morgan fingerprint density at radius 2 is 2.20 bits per heavy atom. The molecule has 0 spiro atoms. The van der Waals surface area contributed by atoms with Crippen molar-refractivity contribution in [2.75, 3.05) is 19.6 Å². The Labute approximate surface area is 89.7 Å². The van der Waals surface area contributed by atoms with Crippen LogP contribution in [-0.4, -0.2) is 37.8 Å². The number of likely N-dealkylation sites (N-methyl/N-ethyl adjacent to an activating group) is 1. The quantitative estimate of drug-likeness (QED) is 0.636. The highest BCUT2D eigenvalue weighted by Gasteiger charge is 2.16. The smallest absolute Gasteiger partial charge is 0.257 e. The summed E-state index contributed by atoms with van der Waals surface area (Å²) in [6.45, 7) is 3.79. The zero-order chi connectivity index (χ0) is 11.3. The van der Waals surface area contributed by atoms with Crippen LogP contribution < -0.4 is 10.0 Å². The van der Waals surface area contributed by atoms with E-state index in [0.29, 0.717) is 13.1 Å². The van der Waals surface area contributed by atoms with E-state index in [9.17, 15) is 8.42 Å². The number of hydrogen-bond donors (Lipinski definition) is 2. The number of sulfonamides is 1. The third-order valence-corrected chi connectivity index (χ3v) is 3.43. The van der Waals surface area contributed by atoms with Gasteiger partial charge in [-0.05, 0) is 12.6 Å². The first-order valence-corrected chi connectivity index (χ1v) is 6.24. The molecule has 86 valence electrons. The number of hydrogen-bond acceptors (Lipinski definition) is 4. The van der Waals surface area contributed by atoms with E-state index in [-0.39, 0.29) is 5.03 Å². The number of rotatable bonds is 6. The second kappa shape index (κ2) is 5.24. The highest BCUT2D eigenvalue weighted by molar-refractivity contribution is 7.89. The minimum Gasteiger partial charge on any atom is -0.316 e. The van der Waals surface area contributed by atoms with Crippen molar-refractivity contribution in [1.82, 2.24) is 19.8 Å². The molecule has 0 bridgehead atoms. The summed E-state index contributed by atoms with van der Waals surface area (Å²) in [5.74, 6) is 0. The first kappa shape index (κ1) is 12.2. The van der Waals surface area contributed by atoms with Crippen LogP contribution in [0.15, 0.2) is 17.3 Å². The Hall–Kier alpha value is -0.920. The third kappa shape index (κ3) is 3.29. The Morgan fingerprint density at radius 1 is 1.47 bits per heavy atom. The lowest BCUT2D eigenvalue weighted by Crippen LogP contribution is -2.32. The van der Waals surface area contributed by atoms with Gasteiger partial charge in [0.25, 0.3) is 10.0 Å². The molecule has 1 rings (SSSR count). The molecule has 1 heterocycles. The molecule has 0 amide bonds. The summed E-state index contributed by atoms with van der Waals surface area (Å²) in [6, 6.07) is 1.47. The molecule has 0 saturated carbocycles. The summed E-state index contributed by atoms with van der Waals surface area (Å²) >= 11 is 0. The predicted octanol–water partition coefficient (Wildman–Crippen LogP) is -0.692. The molecule has 0 unspecified atom stereocenters. The Morgan fingerprint density at radius 3 is 2.73 bits per heavy atom. The topological polar surface area (TPSA) is 76.0 Å². The van der Waals surface area contributed by atoms with Crippen LogP contribution in [0.1, 0.15) is 6.92 Å². The van der Waals surface area contributed by atoms with Gasteiger partial charge in [-0.25, -0.2) is 13.1 Å². The minimum atomic E-state index is -3.42. The van der Waals surface area contributed by atoms with Gasteiger partial charge in [0.15, 0.2) is 5.03 Å². The maximum absolute atomic E-state index is 11.7. The van der Waals surface area contributed by atoms with Gasteiger partial charge in [0.2, 0.25) is 0 Å². The van der Waals surface area contributed by atoms with Gasteiger partial charge in [0, 0.05) is 20.1 Å². The molecule has 1 aromatic heterocycles. The molecule has 0 fully saturated rings. The number of aryl methyl sites for hydroxylation is 1. The first-order chi connectivity index (χ1) is 7.08. The van der Waals surface area contributed by atoms with Crippen LogP contribution in [0.4, 0.5) is 0 Å². The van der Waals surface area contributed by atoms with E-state index in [1.807, 2.05) is 6.92 Å². The standard InChI is InChI=1S/C8H16N4O2S/c1-3-9-6-7-11-15(13,14)8-4-5-10-12(8)2/h4-5,9,11H,3,6-7H2,1-2H3. The second-order valence-corrected chi connectivity index (χ2v) is 4.76. The fourth-order valence-electron chi connectivity index (χ4n) is 1.15. The first-order valence-electron chi connectivity index (χ1n) is 4.76. The number of nitrogens with one attached hydrogen (secondary N) is 2. The molecule has 0 aliphatic carbocycles. The molecular weight excluding hydrogens is 216 g/mol. The largest absolute Gasteiger partial charge is 0.316 e. The van der Waals surface area contributed by atoms with Gasteiger partial charge in [-0.3, -0.25) is 4.68 Å². The van der Waals surface area contributed by atoms with E-state index in [2.05, 4.69) is 15.1 Å². The van der Waals surface area contributed by atoms with Crippen molar-refractivity contribution in [2.45, 2.75) is 11.9 Å². The summed E-state index contributed by atoms with van der Waals surface area (Å²) in [6.07, 6.45) is 1.46. The van der Waals surface area contributed by atoms with Gasteiger partial charge in [-0.15, -0.1) is 0 Å². The average molecular weight is 232 g/mol. The lowest BCUT2D eigenvalue weighted by atomic mass is 10.6. The monoisotopic (exact) mass is 232 g/mol. The highest BCUT2D eigenvalue weighted by Crippen LogP contribution is 2.04. The number of nitrogens with zero attached hydrogens (tertiary/aromatic N) is 2. The van der Waals surface area contributed by atoms with E-state index in [4.69, 9.17) is 0 Å². The minimum absolute atomic E-state index is 0.180. The van der Waals surface area contributed by atoms with Gasteiger partial charge in [-0.2, -0.15) is 5.10 Å². The number of aromatic nitrogens is 2. The normalized spacial score (nSPS) is 11.9. The average Bonchev–Trinajstić information content (AvgIpc) is 2.60. The zero-order valence-corrected chi connectivity index (χ0v) is 9.71. The molecule has 0 aromatic carbocycles. The van der Waals surface area contributed by atoms with Gasteiger partial charge < -0.3 is 5.32 Å².